The number of aromatic nitrogens is 2. The zero-order valence-corrected chi connectivity index (χ0v) is 11.7. The van der Waals surface area contributed by atoms with E-state index >= 15 is 0 Å². The highest BCUT2D eigenvalue weighted by Gasteiger charge is 2.14. The van der Waals surface area contributed by atoms with E-state index in [0.717, 1.165) is 44.9 Å². The lowest BCUT2D eigenvalue weighted by molar-refractivity contribution is 0.120. The highest BCUT2D eigenvalue weighted by Crippen LogP contribution is 2.13. The van der Waals surface area contributed by atoms with E-state index in [0.29, 0.717) is 12.1 Å². The molecule has 1 aliphatic heterocycles. The molecule has 1 aromatic rings. The summed E-state index contributed by atoms with van der Waals surface area (Å²) in [6.07, 6.45) is 4.38. The minimum Gasteiger partial charge on any atom is -0.376 e. The van der Waals surface area contributed by atoms with Crippen LogP contribution in [0.2, 0.25) is 0 Å². The third-order valence-electron chi connectivity index (χ3n) is 3.03. The predicted octanol–water partition coefficient (Wildman–Crippen LogP) is 1.04. The van der Waals surface area contributed by atoms with Crippen LogP contribution in [0.15, 0.2) is 12.3 Å². The molecule has 0 spiro atoms. The lowest BCUT2D eigenvalue weighted by atomic mass is 10.2. The zero-order chi connectivity index (χ0) is 13.5. The van der Waals surface area contributed by atoms with Crippen LogP contribution in [0.25, 0.3) is 0 Å². The summed E-state index contributed by atoms with van der Waals surface area (Å²) in [5.74, 6) is 1.51. The number of rotatable bonds is 7. The van der Waals surface area contributed by atoms with E-state index in [1.165, 1.54) is 0 Å². The van der Waals surface area contributed by atoms with E-state index in [9.17, 15) is 0 Å². The summed E-state index contributed by atoms with van der Waals surface area (Å²) in [6.45, 7) is 3.49. The monoisotopic (exact) mass is 265 g/mol. The van der Waals surface area contributed by atoms with Gasteiger partial charge in [0.2, 0.25) is 5.95 Å². The van der Waals surface area contributed by atoms with Crippen molar-refractivity contribution >= 4 is 11.8 Å². The maximum Gasteiger partial charge on any atom is 0.224 e. The van der Waals surface area contributed by atoms with Crippen molar-refractivity contribution in [2.75, 3.05) is 51.0 Å². The summed E-state index contributed by atoms with van der Waals surface area (Å²) in [5.41, 5.74) is 0. The van der Waals surface area contributed by atoms with Crippen LogP contribution in [0.4, 0.5) is 11.8 Å². The maximum atomic E-state index is 5.57. The van der Waals surface area contributed by atoms with Gasteiger partial charge in [0.25, 0.3) is 0 Å². The Morgan fingerprint density at radius 2 is 2.32 bits per heavy atom. The molecule has 6 nitrogen and oxygen atoms in total. The second kappa shape index (κ2) is 7.25. The highest BCUT2D eigenvalue weighted by atomic mass is 16.5. The van der Waals surface area contributed by atoms with Gasteiger partial charge in [-0.3, -0.25) is 0 Å². The largest absolute Gasteiger partial charge is 0.376 e. The van der Waals surface area contributed by atoms with E-state index in [-0.39, 0.29) is 0 Å². The average molecular weight is 265 g/mol. The van der Waals surface area contributed by atoms with E-state index in [1.54, 1.807) is 6.20 Å². The summed E-state index contributed by atoms with van der Waals surface area (Å²) in [7, 11) is 4.09. The van der Waals surface area contributed by atoms with E-state index in [4.69, 9.17) is 4.74 Å². The Hall–Kier alpha value is -1.40. The van der Waals surface area contributed by atoms with E-state index in [2.05, 4.69) is 25.5 Å². The standard InChI is InChI=1S/C13H23N5O/c1-18(2)8-7-15-13-14-6-5-12(17-13)16-10-11-4-3-9-19-11/h5-6,11H,3-4,7-10H2,1-2H3,(H2,14,15,16,17). The number of nitrogens with one attached hydrogen (secondary N) is 2. The normalized spacial score (nSPS) is 18.8. The molecule has 1 atom stereocenters. The molecule has 19 heavy (non-hydrogen) atoms. The third-order valence-corrected chi connectivity index (χ3v) is 3.03. The van der Waals surface area contributed by atoms with Crippen LogP contribution < -0.4 is 10.6 Å². The molecular weight excluding hydrogens is 242 g/mol. The summed E-state index contributed by atoms with van der Waals surface area (Å²) < 4.78 is 5.57. The van der Waals surface area contributed by atoms with Gasteiger partial charge in [-0.05, 0) is 33.0 Å². The fourth-order valence-corrected chi connectivity index (χ4v) is 1.96. The maximum absolute atomic E-state index is 5.57. The summed E-state index contributed by atoms with van der Waals surface area (Å²) in [5, 5.41) is 6.51. The lowest BCUT2D eigenvalue weighted by Crippen LogP contribution is -2.22. The first-order valence-corrected chi connectivity index (χ1v) is 6.81. The second-order valence-corrected chi connectivity index (χ2v) is 5.01. The van der Waals surface area contributed by atoms with Crippen LogP contribution in [-0.4, -0.2) is 61.3 Å². The molecule has 2 rings (SSSR count). The third kappa shape index (κ3) is 5.00. The van der Waals surface area contributed by atoms with Crippen LogP contribution in [0.5, 0.6) is 0 Å². The van der Waals surface area contributed by atoms with Crippen molar-refractivity contribution in [1.29, 1.82) is 0 Å². The predicted molar refractivity (Wildman–Crippen MR) is 76.5 cm³/mol. The topological polar surface area (TPSA) is 62.3 Å². The number of ether oxygens (including phenoxy) is 1. The fourth-order valence-electron chi connectivity index (χ4n) is 1.96. The molecule has 0 amide bonds. The van der Waals surface area contributed by atoms with Crippen LogP contribution in [0, 0.1) is 0 Å². The first-order chi connectivity index (χ1) is 9.24. The summed E-state index contributed by atoms with van der Waals surface area (Å²) >= 11 is 0. The van der Waals surface area contributed by atoms with Gasteiger partial charge >= 0.3 is 0 Å². The van der Waals surface area contributed by atoms with Crippen molar-refractivity contribution in [2.24, 2.45) is 0 Å². The van der Waals surface area contributed by atoms with E-state index < -0.39 is 0 Å². The lowest BCUT2D eigenvalue weighted by Gasteiger charge is -2.13. The van der Waals surface area contributed by atoms with Gasteiger partial charge in [0.1, 0.15) is 5.82 Å². The highest BCUT2D eigenvalue weighted by molar-refractivity contribution is 5.39. The summed E-state index contributed by atoms with van der Waals surface area (Å²) in [6, 6.07) is 1.88. The molecule has 0 aromatic carbocycles. The minimum atomic E-state index is 0.320. The van der Waals surface area contributed by atoms with Gasteiger partial charge in [0, 0.05) is 32.4 Å². The van der Waals surface area contributed by atoms with Gasteiger partial charge < -0.3 is 20.3 Å². The molecule has 6 heteroatoms. The molecule has 1 aromatic heterocycles. The number of hydrogen-bond donors (Lipinski definition) is 2. The SMILES string of the molecule is CN(C)CCNc1nccc(NCC2CCCO2)n1. The Balaban J connectivity index is 1.77. The quantitative estimate of drug-likeness (QED) is 0.768. The Morgan fingerprint density at radius 3 is 3.05 bits per heavy atom. The zero-order valence-electron chi connectivity index (χ0n) is 11.7. The molecule has 0 saturated carbocycles. The fraction of sp³-hybridized carbons (Fsp3) is 0.692. The van der Waals surface area contributed by atoms with Gasteiger partial charge in [-0.15, -0.1) is 0 Å². The molecule has 2 heterocycles. The first kappa shape index (κ1) is 14.0. The summed E-state index contributed by atoms with van der Waals surface area (Å²) in [4.78, 5) is 10.7. The van der Waals surface area contributed by atoms with Gasteiger partial charge in [0.05, 0.1) is 6.10 Å². The smallest absolute Gasteiger partial charge is 0.224 e. The Labute approximate surface area is 114 Å². The Bertz CT molecular complexity index is 379. The van der Waals surface area contributed by atoms with Crippen molar-refractivity contribution in [3.05, 3.63) is 12.3 Å². The molecule has 106 valence electrons. The van der Waals surface area contributed by atoms with Gasteiger partial charge in [-0.2, -0.15) is 4.98 Å². The van der Waals surface area contributed by atoms with Crippen molar-refractivity contribution in [2.45, 2.75) is 18.9 Å². The number of anilines is 2. The van der Waals surface area contributed by atoms with Crippen molar-refractivity contribution in [1.82, 2.24) is 14.9 Å². The number of likely N-dealkylation sites (N-methyl/N-ethyl adjacent to an activating group) is 1. The second-order valence-electron chi connectivity index (χ2n) is 5.01. The number of hydrogen-bond acceptors (Lipinski definition) is 6. The van der Waals surface area contributed by atoms with Crippen LogP contribution in [0.1, 0.15) is 12.8 Å². The van der Waals surface area contributed by atoms with Gasteiger partial charge in [0.15, 0.2) is 0 Å². The molecule has 0 bridgehead atoms. The Morgan fingerprint density at radius 1 is 1.42 bits per heavy atom. The van der Waals surface area contributed by atoms with Crippen LogP contribution in [0.3, 0.4) is 0 Å². The molecular formula is C13H23N5O. The van der Waals surface area contributed by atoms with Crippen molar-refractivity contribution in [3.8, 4) is 0 Å². The molecule has 1 saturated heterocycles. The average Bonchev–Trinajstić information content (AvgIpc) is 2.89. The minimum absolute atomic E-state index is 0.320. The van der Waals surface area contributed by atoms with Gasteiger partial charge in [-0.1, -0.05) is 0 Å². The van der Waals surface area contributed by atoms with Crippen molar-refractivity contribution < 1.29 is 4.74 Å². The molecule has 0 radical (unpaired) electrons. The van der Waals surface area contributed by atoms with Crippen LogP contribution in [-0.2, 0) is 4.74 Å². The number of nitrogens with zero attached hydrogens (tertiary/aromatic N) is 3. The van der Waals surface area contributed by atoms with Crippen molar-refractivity contribution in [3.63, 3.8) is 0 Å². The molecule has 1 unspecified atom stereocenters. The first-order valence-electron chi connectivity index (χ1n) is 6.81. The van der Waals surface area contributed by atoms with Crippen LogP contribution >= 0.6 is 0 Å². The molecule has 0 aliphatic carbocycles. The van der Waals surface area contributed by atoms with E-state index in [1.807, 2.05) is 20.2 Å². The molecule has 1 fully saturated rings. The Kier molecular flexibility index (Phi) is 5.35. The molecule has 2 N–H and O–H groups in total. The molecule has 1 aliphatic rings. The van der Waals surface area contributed by atoms with Gasteiger partial charge in [-0.25, -0.2) is 4.98 Å².